The van der Waals surface area contributed by atoms with E-state index in [4.69, 9.17) is 0 Å². The Morgan fingerprint density at radius 3 is 3.15 bits per heavy atom. The molecule has 0 aliphatic carbocycles. The van der Waals surface area contributed by atoms with Crippen LogP contribution < -0.4 is 10.6 Å². The summed E-state index contributed by atoms with van der Waals surface area (Å²) in [4.78, 5) is 12.2. The second kappa shape index (κ2) is 5.76. The van der Waals surface area contributed by atoms with Crippen LogP contribution in [0.25, 0.3) is 10.9 Å². The van der Waals surface area contributed by atoms with E-state index in [1.807, 2.05) is 18.2 Å². The molecule has 0 atom stereocenters. The summed E-state index contributed by atoms with van der Waals surface area (Å²) >= 11 is 3.41. The Morgan fingerprint density at radius 1 is 1.45 bits per heavy atom. The predicted octanol–water partition coefficient (Wildman–Crippen LogP) is 1.97. The smallest absolute Gasteiger partial charge is 0.272 e. The molecule has 0 fully saturated rings. The van der Waals surface area contributed by atoms with E-state index in [9.17, 15) is 4.79 Å². The molecule has 1 aromatic carbocycles. The summed E-state index contributed by atoms with van der Waals surface area (Å²) < 4.78 is 0.932. The van der Waals surface area contributed by atoms with Crippen LogP contribution in [0, 0.1) is 0 Å². The molecule has 5 nitrogen and oxygen atoms in total. The van der Waals surface area contributed by atoms with Gasteiger partial charge in [0, 0.05) is 22.9 Å². The van der Waals surface area contributed by atoms with Crippen molar-refractivity contribution in [3.05, 3.63) is 40.0 Å². The molecule has 20 heavy (non-hydrogen) atoms. The Hall–Kier alpha value is -1.66. The van der Waals surface area contributed by atoms with Crippen molar-refractivity contribution in [3.63, 3.8) is 0 Å². The molecule has 0 unspecified atom stereocenters. The summed E-state index contributed by atoms with van der Waals surface area (Å²) in [6.45, 7) is 2.44. The maximum absolute atomic E-state index is 12.2. The first-order chi connectivity index (χ1) is 9.74. The van der Waals surface area contributed by atoms with E-state index in [1.54, 1.807) is 0 Å². The molecule has 1 aliphatic heterocycles. The molecule has 6 heteroatoms. The van der Waals surface area contributed by atoms with Gasteiger partial charge in [0.2, 0.25) is 0 Å². The third-order valence-corrected chi connectivity index (χ3v) is 3.87. The van der Waals surface area contributed by atoms with Gasteiger partial charge in [-0.1, -0.05) is 27.6 Å². The molecule has 2 heterocycles. The molecule has 0 bridgehead atoms. The second-order valence-corrected chi connectivity index (χ2v) is 5.68. The first kappa shape index (κ1) is 13.3. The normalized spacial score (nSPS) is 15.2. The third kappa shape index (κ3) is 2.76. The van der Waals surface area contributed by atoms with E-state index in [1.165, 1.54) is 5.57 Å². The number of nitrogens with one attached hydrogen (secondary N) is 3. The van der Waals surface area contributed by atoms with Gasteiger partial charge in [0.25, 0.3) is 5.91 Å². The van der Waals surface area contributed by atoms with Crippen LogP contribution in [-0.2, 0) is 0 Å². The third-order valence-electron chi connectivity index (χ3n) is 3.37. The Labute approximate surface area is 124 Å². The zero-order valence-electron chi connectivity index (χ0n) is 10.9. The minimum atomic E-state index is -0.145. The maximum Gasteiger partial charge on any atom is 0.272 e. The van der Waals surface area contributed by atoms with Crippen LogP contribution in [0.1, 0.15) is 16.9 Å². The molecular formula is C14H15BrN4O. The molecule has 1 aromatic heterocycles. The van der Waals surface area contributed by atoms with Crippen molar-refractivity contribution in [2.24, 2.45) is 0 Å². The molecule has 0 saturated heterocycles. The summed E-state index contributed by atoms with van der Waals surface area (Å²) in [6, 6.07) is 5.72. The van der Waals surface area contributed by atoms with Gasteiger partial charge in [0.1, 0.15) is 0 Å². The van der Waals surface area contributed by atoms with Crippen LogP contribution in [0.3, 0.4) is 0 Å². The van der Waals surface area contributed by atoms with Crippen molar-refractivity contribution in [2.75, 3.05) is 19.6 Å². The van der Waals surface area contributed by atoms with Crippen molar-refractivity contribution < 1.29 is 4.79 Å². The highest BCUT2D eigenvalue weighted by Gasteiger charge is 2.14. The fraction of sp³-hybridized carbons (Fsp3) is 0.286. The molecular weight excluding hydrogens is 320 g/mol. The molecule has 0 saturated carbocycles. The number of carbonyl (C=O) groups excluding carboxylic acids is 1. The highest BCUT2D eigenvalue weighted by molar-refractivity contribution is 9.10. The summed E-state index contributed by atoms with van der Waals surface area (Å²) in [5.41, 5.74) is 2.56. The number of hydrogen-bond donors (Lipinski definition) is 3. The van der Waals surface area contributed by atoms with Gasteiger partial charge < -0.3 is 10.6 Å². The number of aromatic nitrogens is 2. The fourth-order valence-corrected chi connectivity index (χ4v) is 2.63. The Morgan fingerprint density at radius 2 is 2.35 bits per heavy atom. The van der Waals surface area contributed by atoms with Crippen LogP contribution in [0.4, 0.5) is 0 Å². The minimum absolute atomic E-state index is 0.145. The van der Waals surface area contributed by atoms with Gasteiger partial charge in [-0.2, -0.15) is 5.10 Å². The van der Waals surface area contributed by atoms with Gasteiger partial charge in [-0.05, 0) is 31.2 Å². The number of carbonyl (C=O) groups is 1. The lowest BCUT2D eigenvalue weighted by Gasteiger charge is -2.14. The molecule has 0 radical (unpaired) electrons. The minimum Gasteiger partial charge on any atom is -0.347 e. The number of halogens is 1. The first-order valence-electron chi connectivity index (χ1n) is 6.54. The summed E-state index contributed by atoms with van der Waals surface area (Å²) in [6.07, 6.45) is 3.11. The van der Waals surface area contributed by atoms with Crippen LogP contribution in [0.2, 0.25) is 0 Å². The van der Waals surface area contributed by atoms with Crippen LogP contribution in [0.15, 0.2) is 34.3 Å². The van der Waals surface area contributed by atoms with Crippen LogP contribution in [0.5, 0.6) is 0 Å². The van der Waals surface area contributed by atoms with Crippen molar-refractivity contribution in [1.82, 2.24) is 20.8 Å². The Kier molecular flexibility index (Phi) is 3.84. The summed E-state index contributed by atoms with van der Waals surface area (Å²) in [5.74, 6) is -0.145. The fourth-order valence-electron chi connectivity index (χ4n) is 2.27. The number of amides is 1. The Bertz CT molecular complexity index is 677. The number of benzene rings is 1. The van der Waals surface area contributed by atoms with Gasteiger partial charge in [-0.15, -0.1) is 0 Å². The average Bonchev–Trinajstić information content (AvgIpc) is 2.89. The van der Waals surface area contributed by atoms with Crippen LogP contribution in [-0.4, -0.2) is 35.7 Å². The number of nitrogens with zero attached hydrogens (tertiary/aromatic N) is 1. The van der Waals surface area contributed by atoms with E-state index >= 15 is 0 Å². The molecule has 1 aliphatic rings. The largest absolute Gasteiger partial charge is 0.347 e. The lowest BCUT2D eigenvalue weighted by atomic mass is 10.1. The van der Waals surface area contributed by atoms with Gasteiger partial charge >= 0.3 is 0 Å². The van der Waals surface area contributed by atoms with Crippen molar-refractivity contribution in [1.29, 1.82) is 0 Å². The number of hydrogen-bond acceptors (Lipinski definition) is 3. The number of fused-ring (bicyclic) bond motifs is 1. The van der Waals surface area contributed by atoms with Gasteiger partial charge in [0.05, 0.1) is 5.52 Å². The van der Waals surface area contributed by atoms with Gasteiger partial charge in [-0.25, -0.2) is 0 Å². The van der Waals surface area contributed by atoms with Crippen molar-refractivity contribution in [2.45, 2.75) is 6.42 Å². The second-order valence-electron chi connectivity index (χ2n) is 4.76. The number of aromatic amines is 1. The van der Waals surface area contributed by atoms with Crippen molar-refractivity contribution in [3.8, 4) is 0 Å². The molecule has 3 N–H and O–H groups in total. The molecule has 3 rings (SSSR count). The lowest BCUT2D eigenvalue weighted by Crippen LogP contribution is -2.29. The van der Waals surface area contributed by atoms with E-state index in [0.717, 1.165) is 34.9 Å². The molecule has 2 aromatic rings. The topological polar surface area (TPSA) is 69.8 Å². The van der Waals surface area contributed by atoms with E-state index in [0.29, 0.717) is 12.2 Å². The quantitative estimate of drug-likeness (QED) is 0.751. The zero-order valence-corrected chi connectivity index (χ0v) is 12.5. The van der Waals surface area contributed by atoms with Crippen molar-refractivity contribution >= 4 is 32.7 Å². The predicted molar refractivity (Wildman–Crippen MR) is 81.7 cm³/mol. The number of rotatable bonds is 3. The zero-order chi connectivity index (χ0) is 13.9. The summed E-state index contributed by atoms with van der Waals surface area (Å²) in [7, 11) is 0. The molecule has 104 valence electrons. The molecule has 0 spiro atoms. The highest BCUT2D eigenvalue weighted by Crippen LogP contribution is 2.21. The van der Waals surface area contributed by atoms with E-state index in [2.05, 4.69) is 42.8 Å². The lowest BCUT2D eigenvalue weighted by molar-refractivity contribution is 0.0953. The van der Waals surface area contributed by atoms with E-state index < -0.39 is 0 Å². The highest BCUT2D eigenvalue weighted by atomic mass is 79.9. The van der Waals surface area contributed by atoms with E-state index in [-0.39, 0.29) is 5.91 Å². The first-order valence-corrected chi connectivity index (χ1v) is 7.34. The number of H-pyrrole nitrogens is 1. The maximum atomic E-state index is 12.2. The average molecular weight is 335 g/mol. The molecule has 1 amide bonds. The van der Waals surface area contributed by atoms with Gasteiger partial charge in [0.15, 0.2) is 5.69 Å². The monoisotopic (exact) mass is 334 g/mol. The summed E-state index contributed by atoms with van der Waals surface area (Å²) in [5, 5.41) is 14.0. The SMILES string of the molecule is O=C(NCC1=CCNCC1)c1n[nH]c2ccc(Br)cc12. The van der Waals surface area contributed by atoms with Crippen LogP contribution >= 0.6 is 15.9 Å². The standard InChI is InChI=1S/C14H15BrN4O/c15-10-1-2-12-11(7-10)13(19-18-12)14(20)17-8-9-3-5-16-6-4-9/h1-3,7,16H,4-6,8H2,(H,17,20)(H,18,19). The van der Waals surface area contributed by atoms with Gasteiger partial charge in [-0.3, -0.25) is 9.89 Å². The Balaban J connectivity index is 1.75.